The molecular formula is C61H116N2O6P+. The van der Waals surface area contributed by atoms with Crippen LogP contribution in [0.4, 0.5) is 0 Å². The number of nitrogens with one attached hydrogen (secondary N) is 1. The summed E-state index contributed by atoms with van der Waals surface area (Å²) in [5.41, 5.74) is 0. The first kappa shape index (κ1) is 68.2. The summed E-state index contributed by atoms with van der Waals surface area (Å²) in [6, 6.07) is -0.877. The molecule has 8 nitrogen and oxygen atoms in total. The van der Waals surface area contributed by atoms with Gasteiger partial charge in [-0.05, 0) is 77.0 Å². The van der Waals surface area contributed by atoms with Crippen molar-refractivity contribution in [2.75, 3.05) is 40.9 Å². The quantitative estimate of drug-likeness (QED) is 0.0243. The number of likely N-dealkylation sites (N-methyl/N-ethyl adjacent to an activating group) is 1. The summed E-state index contributed by atoms with van der Waals surface area (Å²) in [5.74, 6) is -0.198. The van der Waals surface area contributed by atoms with E-state index in [0.717, 1.165) is 64.2 Å². The van der Waals surface area contributed by atoms with Crippen LogP contribution in [-0.4, -0.2) is 73.4 Å². The van der Waals surface area contributed by atoms with Crippen molar-refractivity contribution in [2.45, 2.75) is 283 Å². The van der Waals surface area contributed by atoms with E-state index < -0.39 is 20.0 Å². The first-order valence-corrected chi connectivity index (χ1v) is 31.2. The summed E-state index contributed by atoms with van der Waals surface area (Å²) in [5, 5.41) is 13.9. The molecule has 0 fully saturated rings. The second kappa shape index (κ2) is 52.1. The van der Waals surface area contributed by atoms with Gasteiger partial charge in [-0.15, -0.1) is 0 Å². The maximum atomic E-state index is 13.0. The number of rotatable bonds is 54. The van der Waals surface area contributed by atoms with Gasteiger partial charge in [-0.1, -0.05) is 248 Å². The summed E-state index contributed by atoms with van der Waals surface area (Å²) >= 11 is 0. The minimum absolute atomic E-state index is 0.0501. The van der Waals surface area contributed by atoms with Gasteiger partial charge in [0.05, 0.1) is 39.9 Å². The third kappa shape index (κ3) is 54.0. The van der Waals surface area contributed by atoms with Crippen LogP contribution in [0.3, 0.4) is 0 Å². The molecule has 0 aromatic rings. The molecule has 3 N–H and O–H groups in total. The van der Waals surface area contributed by atoms with E-state index in [1.807, 2.05) is 27.2 Å². The Balaban J connectivity index is 4.24. The van der Waals surface area contributed by atoms with Crippen molar-refractivity contribution < 1.29 is 32.9 Å². The summed E-state index contributed by atoms with van der Waals surface area (Å²) < 4.78 is 23.7. The molecule has 0 aliphatic heterocycles. The number of allylic oxidation sites excluding steroid dienone is 9. The summed E-state index contributed by atoms with van der Waals surface area (Å²) in [4.78, 5) is 23.3. The summed E-state index contributed by atoms with van der Waals surface area (Å²) in [6.45, 7) is 4.78. The van der Waals surface area contributed by atoms with Crippen molar-refractivity contribution in [3.8, 4) is 0 Å². The number of amides is 1. The largest absolute Gasteiger partial charge is 0.472 e. The van der Waals surface area contributed by atoms with Crippen molar-refractivity contribution in [2.24, 2.45) is 0 Å². The van der Waals surface area contributed by atoms with Gasteiger partial charge in [0.1, 0.15) is 13.2 Å². The van der Waals surface area contributed by atoms with Gasteiger partial charge in [-0.3, -0.25) is 13.8 Å². The minimum atomic E-state index is -4.36. The average Bonchev–Trinajstić information content (AvgIpc) is 3.32. The Hall–Kier alpha value is -1.80. The zero-order valence-electron chi connectivity index (χ0n) is 46.8. The Bertz CT molecular complexity index is 1320. The van der Waals surface area contributed by atoms with Crippen LogP contribution in [0.2, 0.25) is 0 Å². The Morgan fingerprint density at radius 3 is 1.24 bits per heavy atom. The van der Waals surface area contributed by atoms with E-state index in [-0.39, 0.29) is 19.1 Å². The Morgan fingerprint density at radius 2 is 0.829 bits per heavy atom. The van der Waals surface area contributed by atoms with Gasteiger partial charge in [-0.2, -0.15) is 0 Å². The predicted octanol–water partition coefficient (Wildman–Crippen LogP) is 18.1. The van der Waals surface area contributed by atoms with Crippen molar-refractivity contribution in [3.63, 3.8) is 0 Å². The number of aliphatic hydroxyl groups excluding tert-OH is 1. The summed E-state index contributed by atoms with van der Waals surface area (Å²) in [6.07, 6.45) is 70.5. The van der Waals surface area contributed by atoms with Gasteiger partial charge >= 0.3 is 7.82 Å². The van der Waals surface area contributed by atoms with Gasteiger partial charge in [0.2, 0.25) is 5.91 Å². The number of aliphatic hydroxyl groups is 1. The zero-order chi connectivity index (χ0) is 51.3. The van der Waals surface area contributed by atoms with Gasteiger partial charge in [0.15, 0.2) is 0 Å². The molecule has 0 spiro atoms. The van der Waals surface area contributed by atoms with Crippen LogP contribution in [0.15, 0.2) is 60.8 Å². The lowest BCUT2D eigenvalue weighted by Crippen LogP contribution is -2.45. The van der Waals surface area contributed by atoms with Crippen LogP contribution in [0.1, 0.15) is 271 Å². The Kier molecular flexibility index (Phi) is 50.7. The van der Waals surface area contributed by atoms with Gasteiger partial charge in [0.25, 0.3) is 0 Å². The second-order valence-corrected chi connectivity index (χ2v) is 22.8. The molecule has 1 amide bonds. The molecule has 0 saturated heterocycles. The molecule has 0 radical (unpaired) electrons. The average molecular weight is 1000 g/mol. The monoisotopic (exact) mass is 1000 g/mol. The van der Waals surface area contributed by atoms with E-state index in [0.29, 0.717) is 17.4 Å². The number of hydrogen-bond donors (Lipinski definition) is 3. The lowest BCUT2D eigenvalue weighted by Gasteiger charge is -2.25. The van der Waals surface area contributed by atoms with Gasteiger partial charge in [0, 0.05) is 6.42 Å². The fourth-order valence-electron chi connectivity index (χ4n) is 8.52. The van der Waals surface area contributed by atoms with Crippen molar-refractivity contribution in [1.29, 1.82) is 0 Å². The topological polar surface area (TPSA) is 105 Å². The third-order valence-electron chi connectivity index (χ3n) is 13.2. The van der Waals surface area contributed by atoms with E-state index in [9.17, 15) is 19.4 Å². The number of hydrogen-bond acceptors (Lipinski definition) is 5. The molecule has 70 heavy (non-hydrogen) atoms. The molecule has 0 heterocycles. The highest BCUT2D eigenvalue weighted by Gasteiger charge is 2.27. The highest BCUT2D eigenvalue weighted by atomic mass is 31.2. The number of phosphoric acid groups is 1. The standard InChI is InChI=1S/C61H115N2O6P/c1-6-8-10-12-14-16-18-20-22-24-26-27-28-29-30-31-32-33-34-35-36-37-38-40-42-44-46-48-50-52-54-60(64)59(58-69-70(66,67)68-57-56-63(3,4)5)62-61(65)55-53-51-49-47-45-43-41-39-25-23-21-19-17-15-13-11-9-7-2/h17,19,23,25,37-38,44,46,52,54,59-60,64H,6-16,18,20-22,24,26-36,39-43,45,47-51,53,55-58H2,1-5H3,(H-,62,65,66,67)/p+1/b19-17-,25-23-,38-37+,46-44+,54-52+. The summed E-state index contributed by atoms with van der Waals surface area (Å²) in [7, 11) is 1.54. The van der Waals surface area contributed by atoms with E-state index in [1.165, 1.54) is 186 Å². The molecule has 0 rings (SSSR count). The molecule has 0 aromatic heterocycles. The van der Waals surface area contributed by atoms with Crippen molar-refractivity contribution >= 4 is 13.7 Å². The molecule has 3 atom stereocenters. The van der Waals surface area contributed by atoms with Crippen molar-refractivity contribution in [1.82, 2.24) is 5.32 Å². The van der Waals surface area contributed by atoms with Gasteiger partial charge < -0.3 is 19.8 Å². The number of carbonyl (C=O) groups excluding carboxylic acids is 1. The fraction of sp³-hybridized carbons (Fsp3) is 0.820. The van der Waals surface area contributed by atoms with Crippen LogP contribution in [-0.2, 0) is 18.4 Å². The molecule has 410 valence electrons. The Labute approximate surface area is 434 Å². The fourth-order valence-corrected chi connectivity index (χ4v) is 9.25. The first-order valence-electron chi connectivity index (χ1n) is 29.7. The minimum Gasteiger partial charge on any atom is -0.387 e. The normalized spacial score (nSPS) is 14.3. The first-order chi connectivity index (χ1) is 34.0. The maximum absolute atomic E-state index is 13.0. The molecule has 3 unspecified atom stereocenters. The SMILES string of the molecule is CCCCCC/C=C\C/C=C\CCCCCCCCCC(=O)NC(COP(=O)(O)OCC[N+](C)(C)C)C(O)/C=C/CC/C=C/CC/C=C/CCCCCCCCCCCCCCCCCCCCCC. The van der Waals surface area contributed by atoms with Gasteiger partial charge in [-0.25, -0.2) is 4.57 Å². The predicted molar refractivity (Wildman–Crippen MR) is 304 cm³/mol. The molecule has 9 heteroatoms. The number of carbonyl (C=O) groups is 1. The molecule has 0 saturated carbocycles. The molecule has 0 aromatic carbocycles. The van der Waals surface area contributed by atoms with E-state index >= 15 is 0 Å². The molecule has 0 aliphatic carbocycles. The van der Waals surface area contributed by atoms with Crippen LogP contribution >= 0.6 is 7.82 Å². The maximum Gasteiger partial charge on any atom is 0.472 e. The third-order valence-corrected chi connectivity index (χ3v) is 14.2. The molecule has 0 aliphatic rings. The van der Waals surface area contributed by atoms with Crippen molar-refractivity contribution in [3.05, 3.63) is 60.8 Å². The highest BCUT2D eigenvalue weighted by molar-refractivity contribution is 7.47. The van der Waals surface area contributed by atoms with E-state index in [4.69, 9.17) is 9.05 Å². The van der Waals surface area contributed by atoms with E-state index in [2.05, 4.69) is 67.8 Å². The lowest BCUT2D eigenvalue weighted by atomic mass is 10.0. The van der Waals surface area contributed by atoms with Crippen LogP contribution in [0.25, 0.3) is 0 Å². The van der Waals surface area contributed by atoms with E-state index in [1.54, 1.807) is 6.08 Å². The smallest absolute Gasteiger partial charge is 0.387 e. The number of quaternary nitrogens is 1. The number of phosphoric ester groups is 1. The van der Waals surface area contributed by atoms with Crippen LogP contribution in [0.5, 0.6) is 0 Å². The highest BCUT2D eigenvalue weighted by Crippen LogP contribution is 2.43. The van der Waals surface area contributed by atoms with Crippen LogP contribution in [0, 0.1) is 0 Å². The Morgan fingerprint density at radius 1 is 0.486 bits per heavy atom. The van der Waals surface area contributed by atoms with Crippen LogP contribution < -0.4 is 5.32 Å². The zero-order valence-corrected chi connectivity index (χ0v) is 47.7. The lowest BCUT2D eigenvalue weighted by molar-refractivity contribution is -0.870. The molecular weight excluding hydrogens is 888 g/mol. The number of unbranched alkanes of at least 4 members (excludes halogenated alkanes) is 33. The second-order valence-electron chi connectivity index (χ2n) is 21.3. The molecule has 0 bridgehead atoms. The number of nitrogens with zero attached hydrogens (tertiary/aromatic N) is 1.